The van der Waals surface area contributed by atoms with Crippen LogP contribution in [0.1, 0.15) is 37.8 Å². The van der Waals surface area contributed by atoms with Crippen molar-refractivity contribution < 1.29 is 24.3 Å². The van der Waals surface area contributed by atoms with Crippen molar-refractivity contribution in [2.24, 2.45) is 11.7 Å². The molecule has 3 amide bonds. The molecule has 4 unspecified atom stereocenters. The molecule has 0 radical (unpaired) electrons. The highest BCUT2D eigenvalue weighted by molar-refractivity contribution is 7.98. The third kappa shape index (κ3) is 11.5. The quantitative estimate of drug-likeness (QED) is 0.213. The normalized spacial score (nSPS) is 14.1. The minimum atomic E-state index is -1.13. The van der Waals surface area contributed by atoms with Crippen LogP contribution in [0.3, 0.4) is 0 Å². The average Bonchev–Trinajstić information content (AvgIpc) is 2.90. The van der Waals surface area contributed by atoms with Crippen LogP contribution in [0.15, 0.2) is 60.7 Å². The fourth-order valence-electron chi connectivity index (χ4n) is 4.04. The van der Waals surface area contributed by atoms with Crippen molar-refractivity contribution in [3.8, 4) is 0 Å². The molecule has 212 valence electrons. The smallest absolute Gasteiger partial charge is 0.326 e. The Morgan fingerprint density at radius 1 is 0.769 bits per heavy atom. The van der Waals surface area contributed by atoms with Crippen LogP contribution in [0.5, 0.6) is 0 Å². The minimum Gasteiger partial charge on any atom is -0.480 e. The van der Waals surface area contributed by atoms with Gasteiger partial charge in [-0.05, 0) is 48.3 Å². The molecule has 9 nitrogen and oxygen atoms in total. The van der Waals surface area contributed by atoms with E-state index in [1.165, 1.54) is 11.8 Å². The molecular formula is C29H40N4O5S. The molecule has 10 heteroatoms. The Balaban J connectivity index is 2.19. The lowest BCUT2D eigenvalue weighted by Gasteiger charge is -2.25. The number of aliphatic carboxylic acids is 1. The van der Waals surface area contributed by atoms with Gasteiger partial charge in [0.05, 0.1) is 6.04 Å². The average molecular weight is 557 g/mol. The largest absolute Gasteiger partial charge is 0.480 e. The number of carbonyl (C=O) groups excluding carboxylic acids is 3. The van der Waals surface area contributed by atoms with Gasteiger partial charge >= 0.3 is 5.97 Å². The second-order valence-corrected chi connectivity index (χ2v) is 10.9. The Hall–Kier alpha value is -3.37. The van der Waals surface area contributed by atoms with Gasteiger partial charge < -0.3 is 26.8 Å². The van der Waals surface area contributed by atoms with Crippen molar-refractivity contribution in [2.45, 2.75) is 63.7 Å². The van der Waals surface area contributed by atoms with E-state index in [1.54, 1.807) is 0 Å². The van der Waals surface area contributed by atoms with Crippen LogP contribution in [0, 0.1) is 5.92 Å². The lowest BCUT2D eigenvalue weighted by molar-refractivity contribution is -0.142. The number of benzene rings is 2. The van der Waals surface area contributed by atoms with E-state index in [1.807, 2.05) is 80.8 Å². The van der Waals surface area contributed by atoms with E-state index in [9.17, 15) is 24.3 Å². The van der Waals surface area contributed by atoms with Crippen LogP contribution in [0.25, 0.3) is 0 Å². The summed E-state index contributed by atoms with van der Waals surface area (Å²) >= 11 is 1.50. The summed E-state index contributed by atoms with van der Waals surface area (Å²) in [5, 5.41) is 17.6. The number of hydrogen-bond acceptors (Lipinski definition) is 6. The molecule has 0 aliphatic carbocycles. The summed E-state index contributed by atoms with van der Waals surface area (Å²) in [7, 11) is 0. The number of carboxylic acid groups (broad SMARTS) is 1. The van der Waals surface area contributed by atoms with Gasteiger partial charge in [0.2, 0.25) is 17.7 Å². The van der Waals surface area contributed by atoms with E-state index in [-0.39, 0.29) is 18.8 Å². The highest BCUT2D eigenvalue weighted by Gasteiger charge is 2.30. The maximum absolute atomic E-state index is 13.5. The number of amides is 3. The van der Waals surface area contributed by atoms with Crippen LogP contribution < -0.4 is 21.7 Å². The number of nitrogens with one attached hydrogen (secondary N) is 3. The van der Waals surface area contributed by atoms with Crippen molar-refractivity contribution in [3.05, 3.63) is 71.8 Å². The number of carboxylic acids is 1. The van der Waals surface area contributed by atoms with Crippen molar-refractivity contribution in [1.82, 2.24) is 16.0 Å². The number of rotatable bonds is 16. The standard InChI is InChI=1S/C29H40N4O5S/c1-19(2)16-25(29(37)38)33-27(35)23(14-15-39-3)31-28(36)24(18-21-12-8-5-9-13-21)32-26(34)22(30)17-20-10-6-4-7-11-20/h4-13,19,22-25H,14-18,30H2,1-3H3,(H,31,36)(H,32,34)(H,33,35)(H,37,38). The van der Waals surface area contributed by atoms with Crippen molar-refractivity contribution in [2.75, 3.05) is 12.0 Å². The molecule has 39 heavy (non-hydrogen) atoms. The van der Waals surface area contributed by atoms with E-state index >= 15 is 0 Å². The van der Waals surface area contributed by atoms with Crippen LogP contribution in [-0.2, 0) is 32.0 Å². The van der Waals surface area contributed by atoms with Gasteiger partial charge in [-0.3, -0.25) is 14.4 Å². The Labute approximate surface area is 234 Å². The Morgan fingerprint density at radius 2 is 1.26 bits per heavy atom. The van der Waals surface area contributed by atoms with E-state index in [0.29, 0.717) is 18.6 Å². The van der Waals surface area contributed by atoms with Gasteiger partial charge in [0.25, 0.3) is 0 Å². The van der Waals surface area contributed by atoms with Gasteiger partial charge in [0.15, 0.2) is 0 Å². The molecule has 6 N–H and O–H groups in total. The van der Waals surface area contributed by atoms with Gasteiger partial charge in [-0.25, -0.2) is 4.79 Å². The first-order valence-corrected chi connectivity index (χ1v) is 14.5. The fraction of sp³-hybridized carbons (Fsp3) is 0.448. The van der Waals surface area contributed by atoms with E-state index in [4.69, 9.17) is 5.73 Å². The predicted octanol–water partition coefficient (Wildman–Crippen LogP) is 2.14. The highest BCUT2D eigenvalue weighted by atomic mass is 32.2. The molecule has 4 atom stereocenters. The molecule has 0 spiro atoms. The SMILES string of the molecule is CSCCC(NC(=O)C(Cc1ccccc1)NC(=O)C(N)Cc1ccccc1)C(=O)NC(CC(C)C)C(=O)O. The van der Waals surface area contributed by atoms with Gasteiger partial charge in [-0.1, -0.05) is 74.5 Å². The topological polar surface area (TPSA) is 151 Å². The molecule has 0 bridgehead atoms. The summed E-state index contributed by atoms with van der Waals surface area (Å²) in [5.74, 6) is -2.11. The third-order valence-corrected chi connectivity index (χ3v) is 6.76. The van der Waals surface area contributed by atoms with Crippen LogP contribution in [-0.4, -0.2) is 65.0 Å². The van der Waals surface area contributed by atoms with Crippen molar-refractivity contribution in [3.63, 3.8) is 0 Å². The van der Waals surface area contributed by atoms with Gasteiger partial charge in [-0.15, -0.1) is 0 Å². The fourth-order valence-corrected chi connectivity index (χ4v) is 4.51. The van der Waals surface area contributed by atoms with Gasteiger partial charge in [0, 0.05) is 6.42 Å². The zero-order valence-electron chi connectivity index (χ0n) is 22.8. The number of carbonyl (C=O) groups is 4. The molecule has 0 aromatic heterocycles. The Morgan fingerprint density at radius 3 is 1.77 bits per heavy atom. The summed E-state index contributed by atoms with van der Waals surface area (Å²) in [5.41, 5.74) is 7.88. The highest BCUT2D eigenvalue weighted by Crippen LogP contribution is 2.10. The third-order valence-electron chi connectivity index (χ3n) is 6.12. The van der Waals surface area contributed by atoms with Crippen LogP contribution in [0.4, 0.5) is 0 Å². The van der Waals surface area contributed by atoms with Crippen LogP contribution >= 0.6 is 11.8 Å². The molecule has 2 aromatic rings. The van der Waals surface area contributed by atoms with Gasteiger partial charge in [0.1, 0.15) is 18.1 Å². The first kappa shape index (κ1) is 31.8. The molecule has 2 aromatic carbocycles. The van der Waals surface area contributed by atoms with Crippen molar-refractivity contribution >= 4 is 35.5 Å². The molecule has 0 saturated carbocycles. The number of thioether (sulfide) groups is 1. The minimum absolute atomic E-state index is 0.0520. The first-order chi connectivity index (χ1) is 18.6. The van der Waals surface area contributed by atoms with E-state index < -0.39 is 47.9 Å². The van der Waals surface area contributed by atoms with Crippen molar-refractivity contribution in [1.29, 1.82) is 0 Å². The molecule has 2 rings (SSSR count). The summed E-state index contributed by atoms with van der Waals surface area (Å²) in [6.45, 7) is 3.74. The molecule has 0 heterocycles. The van der Waals surface area contributed by atoms with E-state index in [2.05, 4.69) is 16.0 Å². The molecular weight excluding hydrogens is 516 g/mol. The van der Waals surface area contributed by atoms with Crippen LogP contribution in [0.2, 0.25) is 0 Å². The number of hydrogen-bond donors (Lipinski definition) is 5. The summed E-state index contributed by atoms with van der Waals surface area (Å²) < 4.78 is 0. The summed E-state index contributed by atoms with van der Waals surface area (Å²) in [4.78, 5) is 51.3. The second kappa shape index (κ2) is 16.6. The van der Waals surface area contributed by atoms with E-state index in [0.717, 1.165) is 11.1 Å². The summed E-state index contributed by atoms with van der Waals surface area (Å²) in [6.07, 6.45) is 2.93. The maximum Gasteiger partial charge on any atom is 0.326 e. The lowest BCUT2D eigenvalue weighted by atomic mass is 10.0. The molecule has 0 fully saturated rings. The zero-order chi connectivity index (χ0) is 28.8. The first-order valence-electron chi connectivity index (χ1n) is 13.1. The number of nitrogens with two attached hydrogens (primary N) is 1. The summed E-state index contributed by atoms with van der Waals surface area (Å²) in [6, 6.07) is 14.7. The predicted molar refractivity (Wildman–Crippen MR) is 154 cm³/mol. The lowest BCUT2D eigenvalue weighted by Crippen LogP contribution is -2.58. The monoisotopic (exact) mass is 556 g/mol. The maximum atomic E-state index is 13.5. The molecule has 0 aliphatic heterocycles. The zero-order valence-corrected chi connectivity index (χ0v) is 23.6. The molecule has 0 aliphatic rings. The Kier molecular flexibility index (Phi) is 13.5. The van der Waals surface area contributed by atoms with Gasteiger partial charge in [-0.2, -0.15) is 11.8 Å². The Bertz CT molecular complexity index is 1070. The second-order valence-electron chi connectivity index (χ2n) is 9.92. The molecule has 0 saturated heterocycles.